The number of carbonyl (C=O) groups excluding carboxylic acids is 1. The molecule has 0 unspecified atom stereocenters. The van der Waals surface area contributed by atoms with Gasteiger partial charge < -0.3 is 4.57 Å². The molecule has 0 radical (unpaired) electrons. The fraction of sp³-hybridized carbons (Fsp3) is 0.353. The highest BCUT2D eigenvalue weighted by Crippen LogP contribution is 2.17. The van der Waals surface area contributed by atoms with Gasteiger partial charge in [-0.15, -0.1) is 0 Å². The van der Waals surface area contributed by atoms with E-state index in [1.54, 1.807) is 18.2 Å². The quantitative estimate of drug-likeness (QED) is 0.490. The molecule has 118 valence electrons. The summed E-state index contributed by atoms with van der Waals surface area (Å²) >= 11 is 0. The first-order valence-corrected chi connectivity index (χ1v) is 7.45. The topological polar surface area (TPSA) is 60.1 Å². The summed E-state index contributed by atoms with van der Waals surface area (Å²) in [5.41, 5.74) is 4.71. The molecule has 2 aromatic rings. The highest BCUT2D eigenvalue weighted by atomic mass is 19.1. The zero-order valence-corrected chi connectivity index (χ0v) is 13.0. The molecule has 0 saturated heterocycles. The number of carbonyl (C=O) groups is 1. The fourth-order valence-electron chi connectivity index (χ4n) is 2.40. The van der Waals surface area contributed by atoms with Crippen LogP contribution in [0.3, 0.4) is 0 Å². The van der Waals surface area contributed by atoms with Gasteiger partial charge in [0.1, 0.15) is 11.5 Å². The molecule has 1 amide bonds. The normalized spacial score (nSPS) is 11.0. The average molecular weight is 303 g/mol. The molecule has 4 nitrogen and oxygen atoms in total. The monoisotopic (exact) mass is 303 g/mol. The van der Waals surface area contributed by atoms with E-state index in [0.29, 0.717) is 18.2 Å². The van der Waals surface area contributed by atoms with Crippen LogP contribution in [-0.4, -0.2) is 10.5 Å². The van der Waals surface area contributed by atoms with Gasteiger partial charge >= 0.3 is 0 Å². The molecule has 22 heavy (non-hydrogen) atoms. The molecule has 0 aliphatic heterocycles. The lowest BCUT2D eigenvalue weighted by Gasteiger charge is -2.14. The molecule has 0 spiro atoms. The van der Waals surface area contributed by atoms with Crippen LogP contribution in [0.2, 0.25) is 0 Å². The van der Waals surface area contributed by atoms with E-state index in [-0.39, 0.29) is 11.7 Å². The van der Waals surface area contributed by atoms with Crippen molar-refractivity contribution >= 4 is 5.91 Å². The van der Waals surface area contributed by atoms with Gasteiger partial charge in [0.25, 0.3) is 5.91 Å². The van der Waals surface area contributed by atoms with Crippen molar-refractivity contribution in [2.24, 2.45) is 11.8 Å². The predicted octanol–water partition coefficient (Wildman–Crippen LogP) is 2.87. The summed E-state index contributed by atoms with van der Waals surface area (Å²) in [5, 5.41) is 0. The number of hydrazine groups is 1. The summed E-state index contributed by atoms with van der Waals surface area (Å²) < 4.78 is 15.0. The Hall–Kier alpha value is -2.14. The van der Waals surface area contributed by atoms with Gasteiger partial charge in [-0.05, 0) is 48.6 Å². The van der Waals surface area contributed by atoms with E-state index in [1.807, 2.05) is 10.6 Å². The minimum atomic E-state index is -0.321. The van der Waals surface area contributed by atoms with E-state index in [2.05, 4.69) is 19.3 Å². The zero-order valence-electron chi connectivity index (χ0n) is 13.0. The predicted molar refractivity (Wildman–Crippen MR) is 84.7 cm³/mol. The Bertz CT molecular complexity index is 632. The Morgan fingerprint density at radius 2 is 1.91 bits per heavy atom. The fourth-order valence-corrected chi connectivity index (χ4v) is 2.40. The van der Waals surface area contributed by atoms with Crippen molar-refractivity contribution in [3.63, 3.8) is 0 Å². The molecule has 5 heteroatoms. The largest absolute Gasteiger partial charge is 0.336 e. The third-order valence-corrected chi connectivity index (χ3v) is 3.67. The van der Waals surface area contributed by atoms with Crippen LogP contribution in [0.15, 0.2) is 36.4 Å². The number of hydrogen-bond acceptors (Lipinski definition) is 2. The number of nitrogens with zero attached hydrogens (tertiary/aromatic N) is 1. The maximum absolute atomic E-state index is 13.0. The molecule has 2 rings (SSSR count). The molecule has 0 saturated carbocycles. The van der Waals surface area contributed by atoms with Crippen molar-refractivity contribution < 1.29 is 9.18 Å². The van der Waals surface area contributed by atoms with Crippen molar-refractivity contribution in [1.82, 2.24) is 9.99 Å². The van der Waals surface area contributed by atoms with Crippen LogP contribution in [0, 0.1) is 11.7 Å². The summed E-state index contributed by atoms with van der Waals surface area (Å²) in [6.07, 6.45) is 1.92. The van der Waals surface area contributed by atoms with Gasteiger partial charge in [0.05, 0.1) is 0 Å². The summed E-state index contributed by atoms with van der Waals surface area (Å²) in [6, 6.07) is 10.0. The molecule has 3 N–H and O–H groups in total. The number of rotatable bonds is 6. The Labute approximate surface area is 130 Å². The molecule has 0 fully saturated rings. The second-order valence-corrected chi connectivity index (χ2v) is 5.83. The van der Waals surface area contributed by atoms with Crippen LogP contribution in [0.25, 0.3) is 0 Å². The van der Waals surface area contributed by atoms with Crippen molar-refractivity contribution in [1.29, 1.82) is 0 Å². The number of hydrogen-bond donors (Lipinski definition) is 2. The number of aromatic nitrogens is 1. The summed E-state index contributed by atoms with van der Waals surface area (Å²) in [5.74, 6) is 5.25. The van der Waals surface area contributed by atoms with E-state index in [9.17, 15) is 9.18 Å². The number of amides is 1. The number of nitrogen functional groups attached to an aromatic ring is 1. The molecule has 0 bridgehead atoms. The van der Waals surface area contributed by atoms with E-state index in [1.165, 1.54) is 12.1 Å². The third-order valence-electron chi connectivity index (χ3n) is 3.67. The first-order chi connectivity index (χ1) is 10.5. The lowest BCUT2D eigenvalue weighted by Crippen LogP contribution is -2.32. The van der Waals surface area contributed by atoms with Gasteiger partial charge in [-0.2, -0.15) is 0 Å². The maximum atomic E-state index is 13.0. The van der Waals surface area contributed by atoms with Gasteiger partial charge in [-0.25, -0.2) is 10.2 Å². The SMILES string of the molecule is CC(C)CCc1ccc(C(=O)NN)n1Cc1ccc(F)cc1. The van der Waals surface area contributed by atoms with E-state index < -0.39 is 0 Å². The summed E-state index contributed by atoms with van der Waals surface area (Å²) in [6.45, 7) is 4.85. The smallest absolute Gasteiger partial charge is 0.281 e. The molecule has 1 heterocycles. The molecule has 0 aliphatic rings. The van der Waals surface area contributed by atoms with Crippen LogP contribution < -0.4 is 11.3 Å². The Morgan fingerprint density at radius 3 is 2.50 bits per heavy atom. The highest BCUT2D eigenvalue weighted by molar-refractivity contribution is 5.92. The number of nitrogens with one attached hydrogen (secondary N) is 1. The highest BCUT2D eigenvalue weighted by Gasteiger charge is 2.14. The Kier molecular flexibility index (Phi) is 5.33. The van der Waals surface area contributed by atoms with E-state index >= 15 is 0 Å². The van der Waals surface area contributed by atoms with Gasteiger partial charge in [0.15, 0.2) is 0 Å². The van der Waals surface area contributed by atoms with Crippen LogP contribution in [0.1, 0.15) is 42.0 Å². The number of halogens is 1. The first-order valence-electron chi connectivity index (χ1n) is 7.45. The second-order valence-electron chi connectivity index (χ2n) is 5.83. The molecular formula is C17H22FN3O. The molecule has 1 aromatic carbocycles. The van der Waals surface area contributed by atoms with Crippen LogP contribution in [-0.2, 0) is 13.0 Å². The van der Waals surface area contributed by atoms with Gasteiger partial charge in [-0.1, -0.05) is 26.0 Å². The first kappa shape index (κ1) is 16.2. The molecule has 1 aromatic heterocycles. The number of aryl methyl sites for hydroxylation is 1. The van der Waals surface area contributed by atoms with Crippen LogP contribution in [0.5, 0.6) is 0 Å². The van der Waals surface area contributed by atoms with Gasteiger partial charge in [0.2, 0.25) is 0 Å². The van der Waals surface area contributed by atoms with Crippen molar-refractivity contribution in [2.75, 3.05) is 0 Å². The van der Waals surface area contributed by atoms with Crippen molar-refractivity contribution in [2.45, 2.75) is 33.2 Å². The lowest BCUT2D eigenvalue weighted by molar-refractivity contribution is 0.0944. The summed E-state index contributed by atoms with van der Waals surface area (Å²) in [7, 11) is 0. The van der Waals surface area contributed by atoms with Crippen molar-refractivity contribution in [3.8, 4) is 0 Å². The molecule has 0 aliphatic carbocycles. The summed E-state index contributed by atoms with van der Waals surface area (Å²) in [4.78, 5) is 11.9. The average Bonchev–Trinajstić information content (AvgIpc) is 2.89. The van der Waals surface area contributed by atoms with Gasteiger partial charge in [-0.3, -0.25) is 10.2 Å². The lowest BCUT2D eigenvalue weighted by atomic mass is 10.1. The Morgan fingerprint density at radius 1 is 1.23 bits per heavy atom. The van der Waals surface area contributed by atoms with Crippen LogP contribution in [0.4, 0.5) is 4.39 Å². The minimum absolute atomic E-state index is 0.267. The standard InChI is InChI=1S/C17H22FN3O/c1-12(2)3-8-15-9-10-16(17(22)20-19)21(15)11-13-4-6-14(18)7-5-13/h4-7,9-10,12H,3,8,11,19H2,1-2H3,(H,20,22). The van der Waals surface area contributed by atoms with Crippen LogP contribution >= 0.6 is 0 Å². The molecular weight excluding hydrogens is 281 g/mol. The van der Waals surface area contributed by atoms with E-state index in [4.69, 9.17) is 5.84 Å². The van der Waals surface area contributed by atoms with Crippen molar-refractivity contribution in [3.05, 3.63) is 59.2 Å². The number of benzene rings is 1. The maximum Gasteiger partial charge on any atom is 0.281 e. The number of nitrogens with two attached hydrogens (primary N) is 1. The van der Waals surface area contributed by atoms with E-state index in [0.717, 1.165) is 24.1 Å². The Balaban J connectivity index is 2.29. The second kappa shape index (κ2) is 7.22. The third kappa shape index (κ3) is 3.95. The minimum Gasteiger partial charge on any atom is -0.336 e. The zero-order chi connectivity index (χ0) is 16.1. The van der Waals surface area contributed by atoms with Gasteiger partial charge in [0, 0.05) is 12.2 Å². The molecule has 0 atom stereocenters.